The highest BCUT2D eigenvalue weighted by Gasteiger charge is 2.40. The van der Waals surface area contributed by atoms with Crippen LogP contribution in [0.2, 0.25) is 0 Å². The third-order valence-electron chi connectivity index (χ3n) is 3.90. The van der Waals surface area contributed by atoms with Crippen molar-refractivity contribution in [2.75, 3.05) is 13.1 Å². The van der Waals surface area contributed by atoms with Gasteiger partial charge in [0.25, 0.3) is 0 Å². The summed E-state index contributed by atoms with van der Waals surface area (Å²) in [6.45, 7) is 5.55. The number of hydrogen-bond donors (Lipinski definition) is 1. The molecule has 1 aliphatic rings. The van der Waals surface area contributed by atoms with Crippen LogP contribution in [0.4, 0.5) is 4.39 Å². The minimum absolute atomic E-state index is 0.103. The third-order valence-corrected chi connectivity index (χ3v) is 3.90. The fourth-order valence-corrected chi connectivity index (χ4v) is 2.87. The highest BCUT2D eigenvalue weighted by molar-refractivity contribution is 6.02. The van der Waals surface area contributed by atoms with Gasteiger partial charge in [0.1, 0.15) is 5.82 Å². The molecule has 0 bridgehead atoms. The minimum atomic E-state index is -0.332. The number of carbonyl (C=O) groups is 1. The Kier molecular flexibility index (Phi) is 3.81. The van der Waals surface area contributed by atoms with Crippen LogP contribution >= 0.6 is 0 Å². The van der Waals surface area contributed by atoms with E-state index >= 15 is 0 Å². The number of ketones is 1. The summed E-state index contributed by atoms with van der Waals surface area (Å²) in [5.74, 6) is -0.229. The van der Waals surface area contributed by atoms with E-state index in [0.29, 0.717) is 5.56 Å². The second-order valence-corrected chi connectivity index (χ2v) is 5.25. The molecule has 0 amide bonds. The van der Waals surface area contributed by atoms with Crippen LogP contribution < -0.4 is 5.32 Å². The molecule has 0 saturated carbocycles. The quantitative estimate of drug-likeness (QED) is 0.831. The molecule has 0 radical (unpaired) electrons. The van der Waals surface area contributed by atoms with E-state index in [0.717, 1.165) is 37.9 Å². The van der Waals surface area contributed by atoms with Crippen LogP contribution in [0.1, 0.15) is 42.1 Å². The molecule has 1 N–H and O–H groups in total. The molecule has 2 nitrogen and oxygen atoms in total. The first-order valence-corrected chi connectivity index (χ1v) is 6.61. The van der Waals surface area contributed by atoms with Crippen LogP contribution in [0.3, 0.4) is 0 Å². The Morgan fingerprint density at radius 3 is 2.89 bits per heavy atom. The second-order valence-electron chi connectivity index (χ2n) is 5.25. The normalized spacial score (nSPS) is 23.3. The topological polar surface area (TPSA) is 29.1 Å². The molecule has 1 aromatic rings. The molecule has 3 heteroatoms. The lowest BCUT2D eigenvalue weighted by molar-refractivity contribution is 0.0800. The maximum absolute atomic E-state index is 13.3. The highest BCUT2D eigenvalue weighted by atomic mass is 19.1. The summed E-state index contributed by atoms with van der Waals surface area (Å²) in [4.78, 5) is 12.7. The van der Waals surface area contributed by atoms with Crippen LogP contribution in [0.25, 0.3) is 0 Å². The predicted octanol–water partition coefficient (Wildman–Crippen LogP) is 3.10. The molecule has 1 saturated heterocycles. The molecular formula is C15H20FNO. The molecule has 1 fully saturated rings. The SMILES string of the molecule is CCCC1(C(=O)c2cc(F)ccc2C)CCNC1. The smallest absolute Gasteiger partial charge is 0.170 e. The van der Waals surface area contributed by atoms with Gasteiger partial charge < -0.3 is 5.32 Å². The summed E-state index contributed by atoms with van der Waals surface area (Å²) >= 11 is 0. The second kappa shape index (κ2) is 5.19. The van der Waals surface area contributed by atoms with Crippen molar-refractivity contribution in [1.82, 2.24) is 5.32 Å². The Bertz CT molecular complexity index is 450. The average molecular weight is 249 g/mol. The first-order valence-electron chi connectivity index (χ1n) is 6.61. The number of Topliss-reactive ketones (excluding diaryl/α,β-unsaturated/α-hetero) is 1. The Labute approximate surface area is 108 Å². The molecule has 0 aliphatic carbocycles. The summed E-state index contributed by atoms with van der Waals surface area (Å²) < 4.78 is 13.3. The van der Waals surface area contributed by atoms with Gasteiger partial charge in [-0.2, -0.15) is 0 Å². The summed E-state index contributed by atoms with van der Waals surface area (Å²) in [5, 5.41) is 3.27. The Balaban J connectivity index is 2.36. The van der Waals surface area contributed by atoms with E-state index in [1.165, 1.54) is 12.1 Å². The van der Waals surface area contributed by atoms with Gasteiger partial charge in [0.05, 0.1) is 0 Å². The third kappa shape index (κ3) is 2.32. The zero-order chi connectivity index (χ0) is 13.2. The number of nitrogens with one attached hydrogen (secondary N) is 1. The van der Waals surface area contributed by atoms with Crippen molar-refractivity contribution in [2.24, 2.45) is 5.41 Å². The zero-order valence-corrected chi connectivity index (χ0v) is 11.1. The van der Waals surface area contributed by atoms with Crippen LogP contribution in [0.5, 0.6) is 0 Å². The number of halogens is 1. The number of rotatable bonds is 4. The summed E-state index contributed by atoms with van der Waals surface area (Å²) in [7, 11) is 0. The number of aryl methyl sites for hydroxylation is 1. The van der Waals surface area contributed by atoms with Gasteiger partial charge in [-0.05, 0) is 44.0 Å². The van der Waals surface area contributed by atoms with Crippen molar-refractivity contribution < 1.29 is 9.18 Å². The van der Waals surface area contributed by atoms with Crippen molar-refractivity contribution in [2.45, 2.75) is 33.1 Å². The van der Waals surface area contributed by atoms with E-state index in [-0.39, 0.29) is 17.0 Å². The van der Waals surface area contributed by atoms with Crippen molar-refractivity contribution in [3.05, 3.63) is 35.1 Å². The summed E-state index contributed by atoms with van der Waals surface area (Å²) in [6.07, 6.45) is 2.70. The summed E-state index contributed by atoms with van der Waals surface area (Å²) in [6, 6.07) is 4.48. The lowest BCUT2D eigenvalue weighted by Crippen LogP contribution is -2.34. The molecule has 0 spiro atoms. The van der Waals surface area contributed by atoms with Crippen molar-refractivity contribution in [3.63, 3.8) is 0 Å². The van der Waals surface area contributed by atoms with E-state index < -0.39 is 0 Å². The average Bonchev–Trinajstić information content (AvgIpc) is 2.82. The van der Waals surface area contributed by atoms with Crippen LogP contribution in [-0.4, -0.2) is 18.9 Å². The standard InChI is InChI=1S/C15H20FNO/c1-3-6-15(7-8-17-10-15)14(18)13-9-12(16)5-4-11(13)2/h4-5,9,17H,3,6-8,10H2,1-2H3. The lowest BCUT2D eigenvalue weighted by atomic mass is 9.75. The minimum Gasteiger partial charge on any atom is -0.316 e. The van der Waals surface area contributed by atoms with Gasteiger partial charge >= 0.3 is 0 Å². The molecule has 1 aromatic carbocycles. The number of benzene rings is 1. The van der Waals surface area contributed by atoms with Gasteiger partial charge in [-0.15, -0.1) is 0 Å². The van der Waals surface area contributed by atoms with Crippen LogP contribution in [-0.2, 0) is 0 Å². The van der Waals surface area contributed by atoms with E-state index in [4.69, 9.17) is 0 Å². The van der Waals surface area contributed by atoms with Gasteiger partial charge in [0.15, 0.2) is 5.78 Å². The van der Waals surface area contributed by atoms with Crippen molar-refractivity contribution in [3.8, 4) is 0 Å². The largest absolute Gasteiger partial charge is 0.316 e. The molecule has 1 unspecified atom stereocenters. The fourth-order valence-electron chi connectivity index (χ4n) is 2.87. The Hall–Kier alpha value is -1.22. The van der Waals surface area contributed by atoms with Gasteiger partial charge in [-0.25, -0.2) is 4.39 Å². The Morgan fingerprint density at radius 2 is 2.28 bits per heavy atom. The van der Waals surface area contributed by atoms with E-state index in [9.17, 15) is 9.18 Å². The molecule has 1 atom stereocenters. The van der Waals surface area contributed by atoms with Gasteiger partial charge in [-0.1, -0.05) is 19.4 Å². The first kappa shape index (κ1) is 13.2. The van der Waals surface area contributed by atoms with Gasteiger partial charge in [0.2, 0.25) is 0 Å². The molecular weight excluding hydrogens is 229 g/mol. The monoisotopic (exact) mass is 249 g/mol. The highest BCUT2D eigenvalue weighted by Crippen LogP contribution is 2.35. The lowest BCUT2D eigenvalue weighted by Gasteiger charge is -2.27. The fraction of sp³-hybridized carbons (Fsp3) is 0.533. The maximum atomic E-state index is 13.3. The maximum Gasteiger partial charge on any atom is 0.170 e. The van der Waals surface area contributed by atoms with Gasteiger partial charge in [0, 0.05) is 17.5 Å². The van der Waals surface area contributed by atoms with Crippen molar-refractivity contribution in [1.29, 1.82) is 0 Å². The number of carbonyl (C=O) groups excluding carboxylic acids is 1. The first-order chi connectivity index (χ1) is 8.59. The van der Waals surface area contributed by atoms with Crippen molar-refractivity contribution >= 4 is 5.78 Å². The van der Waals surface area contributed by atoms with E-state index in [1.807, 2.05) is 6.92 Å². The number of hydrogen-bond acceptors (Lipinski definition) is 2. The predicted molar refractivity (Wildman–Crippen MR) is 70.3 cm³/mol. The molecule has 1 aliphatic heterocycles. The molecule has 18 heavy (non-hydrogen) atoms. The molecule has 1 heterocycles. The molecule has 2 rings (SSSR count). The van der Waals surface area contributed by atoms with Crippen LogP contribution in [0.15, 0.2) is 18.2 Å². The summed E-state index contributed by atoms with van der Waals surface area (Å²) in [5.41, 5.74) is 1.09. The van der Waals surface area contributed by atoms with E-state index in [2.05, 4.69) is 12.2 Å². The van der Waals surface area contributed by atoms with Gasteiger partial charge in [-0.3, -0.25) is 4.79 Å². The zero-order valence-electron chi connectivity index (χ0n) is 11.1. The van der Waals surface area contributed by atoms with E-state index in [1.54, 1.807) is 6.07 Å². The molecule has 0 aromatic heterocycles. The van der Waals surface area contributed by atoms with Crippen LogP contribution in [0, 0.1) is 18.2 Å². The molecule has 98 valence electrons. The Morgan fingerprint density at radius 1 is 1.50 bits per heavy atom.